The van der Waals surface area contributed by atoms with Crippen LogP contribution in [0.4, 0.5) is 5.69 Å². The van der Waals surface area contributed by atoms with E-state index in [1.54, 1.807) is 7.11 Å². The van der Waals surface area contributed by atoms with Crippen molar-refractivity contribution >= 4 is 5.69 Å². The van der Waals surface area contributed by atoms with Crippen molar-refractivity contribution in [2.75, 3.05) is 12.4 Å². The summed E-state index contributed by atoms with van der Waals surface area (Å²) in [5.41, 5.74) is 4.04. The van der Waals surface area contributed by atoms with Crippen molar-refractivity contribution in [3.63, 3.8) is 0 Å². The van der Waals surface area contributed by atoms with Gasteiger partial charge in [-0.1, -0.05) is 30.3 Å². The summed E-state index contributed by atoms with van der Waals surface area (Å²) in [5, 5.41) is 3.67. The van der Waals surface area contributed by atoms with Crippen molar-refractivity contribution in [1.29, 1.82) is 0 Å². The lowest BCUT2D eigenvalue weighted by atomic mass is 10.0. The Bertz CT molecular complexity index is 547. The number of rotatable bonds is 2. The van der Waals surface area contributed by atoms with Gasteiger partial charge in [0.05, 0.1) is 13.2 Å². The van der Waals surface area contributed by atoms with Crippen LogP contribution in [0.15, 0.2) is 48.5 Å². The lowest BCUT2D eigenvalue weighted by molar-refractivity contribution is 0.414. The van der Waals surface area contributed by atoms with Crippen molar-refractivity contribution < 1.29 is 4.74 Å². The van der Waals surface area contributed by atoms with E-state index in [1.165, 1.54) is 29.7 Å². The SMILES string of the molecule is COc1ccc([C@@H]2CCCc3ccccc3N2)cc1. The Hall–Kier alpha value is -1.96. The molecule has 0 saturated heterocycles. The fraction of sp³-hybridized carbons (Fsp3) is 0.294. The largest absolute Gasteiger partial charge is 0.497 e. The maximum atomic E-state index is 5.22. The van der Waals surface area contributed by atoms with Crippen LogP contribution in [0.25, 0.3) is 0 Å². The average molecular weight is 253 g/mol. The molecule has 19 heavy (non-hydrogen) atoms. The number of hydrogen-bond donors (Lipinski definition) is 1. The van der Waals surface area contributed by atoms with Gasteiger partial charge < -0.3 is 10.1 Å². The minimum atomic E-state index is 0.398. The number of ether oxygens (including phenoxy) is 1. The summed E-state index contributed by atoms with van der Waals surface area (Å²) in [5.74, 6) is 0.915. The molecule has 1 N–H and O–H groups in total. The van der Waals surface area contributed by atoms with Gasteiger partial charge in [-0.15, -0.1) is 0 Å². The van der Waals surface area contributed by atoms with Crippen molar-refractivity contribution in [3.8, 4) is 5.75 Å². The van der Waals surface area contributed by atoms with Crippen LogP contribution < -0.4 is 10.1 Å². The first-order valence-corrected chi connectivity index (χ1v) is 6.85. The number of para-hydroxylation sites is 1. The number of hydrogen-bond acceptors (Lipinski definition) is 2. The van der Waals surface area contributed by atoms with Crippen LogP contribution in [-0.2, 0) is 6.42 Å². The highest BCUT2D eigenvalue weighted by molar-refractivity contribution is 5.53. The van der Waals surface area contributed by atoms with Crippen LogP contribution in [-0.4, -0.2) is 7.11 Å². The molecule has 1 aliphatic heterocycles. The molecule has 3 rings (SSSR count). The average Bonchev–Trinajstić information content (AvgIpc) is 2.69. The lowest BCUT2D eigenvalue weighted by Gasteiger charge is -2.19. The smallest absolute Gasteiger partial charge is 0.118 e. The Morgan fingerprint density at radius 1 is 1.05 bits per heavy atom. The maximum absolute atomic E-state index is 5.22. The van der Waals surface area contributed by atoms with Crippen molar-refractivity contribution in [3.05, 3.63) is 59.7 Å². The van der Waals surface area contributed by atoms with E-state index in [2.05, 4.69) is 41.7 Å². The Labute approximate surface area is 114 Å². The first-order valence-electron chi connectivity index (χ1n) is 6.85. The standard InChI is InChI=1S/C17H19NO/c1-19-15-11-9-14(10-12-15)17-8-4-6-13-5-2-3-7-16(13)18-17/h2-3,5,7,9-12,17-18H,4,6,8H2,1H3/t17-/m0/s1. The van der Waals surface area contributed by atoms with E-state index in [4.69, 9.17) is 4.74 Å². The molecule has 0 bridgehead atoms. The Balaban J connectivity index is 1.85. The molecule has 2 heteroatoms. The van der Waals surface area contributed by atoms with Crippen molar-refractivity contribution in [2.45, 2.75) is 25.3 Å². The van der Waals surface area contributed by atoms with Gasteiger partial charge in [0, 0.05) is 5.69 Å². The molecule has 0 aliphatic carbocycles. The number of aryl methyl sites for hydroxylation is 1. The third-order valence-corrected chi connectivity index (χ3v) is 3.80. The molecule has 0 saturated carbocycles. The van der Waals surface area contributed by atoms with Crippen LogP contribution in [0.2, 0.25) is 0 Å². The van der Waals surface area contributed by atoms with E-state index < -0.39 is 0 Å². The van der Waals surface area contributed by atoms with Crippen LogP contribution in [0.1, 0.15) is 30.0 Å². The van der Waals surface area contributed by atoms with Gasteiger partial charge in [-0.25, -0.2) is 0 Å². The molecule has 98 valence electrons. The second-order valence-corrected chi connectivity index (χ2v) is 5.02. The zero-order chi connectivity index (χ0) is 13.1. The molecule has 1 aliphatic rings. The van der Waals surface area contributed by atoms with Gasteiger partial charge >= 0.3 is 0 Å². The molecule has 0 amide bonds. The van der Waals surface area contributed by atoms with Gasteiger partial charge in [-0.2, -0.15) is 0 Å². The van der Waals surface area contributed by atoms with Gasteiger partial charge in [0.15, 0.2) is 0 Å². The zero-order valence-corrected chi connectivity index (χ0v) is 11.2. The normalized spacial score (nSPS) is 18.1. The van der Waals surface area contributed by atoms with E-state index in [9.17, 15) is 0 Å². The first-order chi connectivity index (χ1) is 9.36. The third-order valence-electron chi connectivity index (χ3n) is 3.80. The quantitative estimate of drug-likeness (QED) is 0.866. The summed E-state index contributed by atoms with van der Waals surface area (Å²) in [6.45, 7) is 0. The van der Waals surface area contributed by atoms with Crippen molar-refractivity contribution in [2.24, 2.45) is 0 Å². The fourth-order valence-corrected chi connectivity index (χ4v) is 2.72. The van der Waals surface area contributed by atoms with Gasteiger partial charge in [0.2, 0.25) is 0 Å². The highest BCUT2D eigenvalue weighted by Crippen LogP contribution is 2.31. The highest BCUT2D eigenvalue weighted by atomic mass is 16.5. The molecule has 1 heterocycles. The Morgan fingerprint density at radius 3 is 2.63 bits per heavy atom. The number of fused-ring (bicyclic) bond motifs is 1. The number of nitrogens with one attached hydrogen (secondary N) is 1. The van der Waals surface area contributed by atoms with Crippen LogP contribution >= 0.6 is 0 Å². The zero-order valence-electron chi connectivity index (χ0n) is 11.2. The van der Waals surface area contributed by atoms with E-state index in [0.717, 1.165) is 12.2 Å². The third kappa shape index (κ3) is 2.58. The fourth-order valence-electron chi connectivity index (χ4n) is 2.72. The minimum absolute atomic E-state index is 0.398. The Morgan fingerprint density at radius 2 is 1.84 bits per heavy atom. The molecule has 2 aromatic carbocycles. The molecule has 0 spiro atoms. The van der Waals surface area contributed by atoms with Crippen molar-refractivity contribution in [1.82, 2.24) is 0 Å². The minimum Gasteiger partial charge on any atom is -0.497 e. The number of methoxy groups -OCH3 is 1. The second kappa shape index (κ2) is 5.35. The number of anilines is 1. The molecule has 0 fully saturated rings. The predicted molar refractivity (Wildman–Crippen MR) is 78.7 cm³/mol. The second-order valence-electron chi connectivity index (χ2n) is 5.02. The summed E-state index contributed by atoms with van der Waals surface area (Å²) in [6, 6.07) is 17.4. The molecular formula is C17H19NO. The molecule has 0 radical (unpaired) electrons. The molecule has 2 nitrogen and oxygen atoms in total. The number of benzene rings is 2. The topological polar surface area (TPSA) is 21.3 Å². The summed E-state index contributed by atoms with van der Waals surface area (Å²) in [7, 11) is 1.70. The van der Waals surface area contributed by atoms with Gasteiger partial charge in [0.25, 0.3) is 0 Å². The van der Waals surface area contributed by atoms with Crippen LogP contribution in [0.3, 0.4) is 0 Å². The molecule has 2 aromatic rings. The summed E-state index contributed by atoms with van der Waals surface area (Å²) in [4.78, 5) is 0. The van der Waals surface area contributed by atoms with Crippen LogP contribution in [0, 0.1) is 0 Å². The Kier molecular flexibility index (Phi) is 3.41. The van der Waals surface area contributed by atoms with Crippen LogP contribution in [0.5, 0.6) is 5.75 Å². The van der Waals surface area contributed by atoms with E-state index in [-0.39, 0.29) is 0 Å². The summed E-state index contributed by atoms with van der Waals surface area (Å²) < 4.78 is 5.22. The van der Waals surface area contributed by atoms with Gasteiger partial charge in [-0.3, -0.25) is 0 Å². The molecule has 0 unspecified atom stereocenters. The lowest BCUT2D eigenvalue weighted by Crippen LogP contribution is -2.09. The van der Waals surface area contributed by atoms with Gasteiger partial charge in [-0.05, 0) is 48.6 Å². The predicted octanol–water partition coefficient (Wildman–Crippen LogP) is 4.18. The summed E-state index contributed by atoms with van der Waals surface area (Å²) in [6.07, 6.45) is 3.55. The van der Waals surface area contributed by atoms with E-state index in [0.29, 0.717) is 6.04 Å². The van der Waals surface area contributed by atoms with Gasteiger partial charge in [0.1, 0.15) is 5.75 Å². The molecule has 0 aromatic heterocycles. The molecular weight excluding hydrogens is 234 g/mol. The van der Waals surface area contributed by atoms with E-state index in [1.807, 2.05) is 12.1 Å². The maximum Gasteiger partial charge on any atom is 0.118 e. The van der Waals surface area contributed by atoms with E-state index >= 15 is 0 Å². The summed E-state index contributed by atoms with van der Waals surface area (Å²) >= 11 is 0. The highest BCUT2D eigenvalue weighted by Gasteiger charge is 2.16. The first kappa shape index (κ1) is 12.1. The molecule has 1 atom stereocenters. The monoisotopic (exact) mass is 253 g/mol.